The van der Waals surface area contributed by atoms with Gasteiger partial charge in [-0.15, -0.1) is 0 Å². The van der Waals surface area contributed by atoms with Gasteiger partial charge in [-0.25, -0.2) is 9.18 Å². The number of carbonyl (C=O) groups is 1. The molecular weight excluding hydrogens is 218 g/mol. The van der Waals surface area contributed by atoms with Gasteiger partial charge < -0.3 is 9.84 Å². The number of phenols is 1. The van der Waals surface area contributed by atoms with E-state index in [2.05, 4.69) is 4.74 Å². The molecule has 1 N–H and O–H groups in total. The third-order valence-corrected chi connectivity index (χ3v) is 1.74. The summed E-state index contributed by atoms with van der Waals surface area (Å²) in [4.78, 5) is 10.9. The van der Waals surface area contributed by atoms with Crippen molar-refractivity contribution in [2.45, 2.75) is 6.92 Å². The first kappa shape index (κ1) is 12.2. The van der Waals surface area contributed by atoms with Gasteiger partial charge in [-0.3, -0.25) is 0 Å². The second kappa shape index (κ2) is 5.25. The van der Waals surface area contributed by atoms with E-state index in [0.717, 1.165) is 18.2 Å². The zero-order valence-corrected chi connectivity index (χ0v) is 8.54. The van der Waals surface area contributed by atoms with Crippen LogP contribution < -0.4 is 0 Å². The summed E-state index contributed by atoms with van der Waals surface area (Å²) in [5.41, 5.74) is 0.126. The first-order valence-corrected chi connectivity index (χ1v) is 4.57. The minimum Gasteiger partial charge on any atom is -0.505 e. The average Bonchev–Trinajstić information content (AvgIpc) is 2.24. The number of ether oxygens (including phenoxy) is 1. The van der Waals surface area contributed by atoms with Crippen LogP contribution in [0, 0.1) is 5.82 Å². The smallest absolute Gasteiger partial charge is 0.367 e. The lowest BCUT2D eigenvalue weighted by Crippen LogP contribution is -2.03. The van der Waals surface area contributed by atoms with Crippen molar-refractivity contribution in [2.75, 3.05) is 6.61 Å². The summed E-state index contributed by atoms with van der Waals surface area (Å²) in [6, 6.07) is 3.25. The lowest BCUT2D eigenvalue weighted by atomic mass is 10.2. The maximum atomic E-state index is 13.1. The number of phenolic OH excluding ortho intramolecular Hbond substituents is 1. The Labute approximate surface area is 91.0 Å². The van der Waals surface area contributed by atoms with Crippen LogP contribution in [0.3, 0.4) is 0 Å². The molecule has 0 saturated heterocycles. The van der Waals surface area contributed by atoms with Gasteiger partial charge >= 0.3 is 5.97 Å². The minimum absolute atomic E-state index is 0.0596. The van der Waals surface area contributed by atoms with E-state index in [1.54, 1.807) is 6.92 Å². The highest BCUT2D eigenvalue weighted by Gasteiger charge is 2.09. The highest BCUT2D eigenvalue weighted by atomic mass is 19.1. The van der Waals surface area contributed by atoms with Gasteiger partial charge in [0.15, 0.2) is 11.6 Å². The van der Waals surface area contributed by atoms with Crippen molar-refractivity contribution in [3.63, 3.8) is 0 Å². The highest BCUT2D eigenvalue weighted by molar-refractivity contribution is 5.91. The molecule has 0 aliphatic carbocycles. The van der Waals surface area contributed by atoms with Crippen molar-refractivity contribution in [3.05, 3.63) is 35.4 Å². The Bertz CT molecular complexity index is 427. The number of aromatic hydroxyl groups is 1. The molecule has 0 heterocycles. The summed E-state index contributed by atoms with van der Waals surface area (Å²) < 4.78 is 30.4. The summed E-state index contributed by atoms with van der Waals surface area (Å²) in [5, 5.41) is 8.89. The van der Waals surface area contributed by atoms with E-state index in [1.807, 2.05) is 0 Å². The molecule has 16 heavy (non-hydrogen) atoms. The summed E-state index contributed by atoms with van der Waals surface area (Å²) in [6.45, 7) is 1.61. The van der Waals surface area contributed by atoms with E-state index in [9.17, 15) is 13.6 Å². The standard InChI is InChI=1S/C11H10F2O3/c1-2-16-11(15)9(13)6-7-3-4-10(14)8(12)5-7/h3-6,14H,2H2,1H3. The number of carbonyl (C=O) groups excluding carboxylic acids is 1. The van der Waals surface area contributed by atoms with Crippen molar-refractivity contribution in [1.29, 1.82) is 0 Å². The van der Waals surface area contributed by atoms with Crippen LogP contribution in [0.4, 0.5) is 8.78 Å². The molecule has 3 nitrogen and oxygen atoms in total. The maximum absolute atomic E-state index is 13.1. The van der Waals surface area contributed by atoms with Gasteiger partial charge in [0.2, 0.25) is 5.83 Å². The third kappa shape index (κ3) is 3.05. The van der Waals surface area contributed by atoms with Crippen LogP contribution in [0.2, 0.25) is 0 Å². The van der Waals surface area contributed by atoms with Gasteiger partial charge in [-0.2, -0.15) is 4.39 Å². The molecule has 0 aliphatic heterocycles. The fourth-order valence-electron chi connectivity index (χ4n) is 1.02. The van der Waals surface area contributed by atoms with E-state index in [-0.39, 0.29) is 12.2 Å². The predicted molar refractivity (Wildman–Crippen MR) is 53.8 cm³/mol. The number of benzene rings is 1. The van der Waals surface area contributed by atoms with Crippen molar-refractivity contribution in [1.82, 2.24) is 0 Å². The SMILES string of the molecule is CCOC(=O)C(F)=Cc1ccc(O)c(F)c1. The van der Waals surface area contributed by atoms with Crippen LogP contribution in [-0.4, -0.2) is 17.7 Å². The lowest BCUT2D eigenvalue weighted by molar-refractivity contribution is -0.140. The summed E-state index contributed by atoms with van der Waals surface area (Å²) in [7, 11) is 0. The first-order valence-electron chi connectivity index (χ1n) is 4.57. The molecule has 86 valence electrons. The van der Waals surface area contributed by atoms with Crippen LogP contribution in [0.15, 0.2) is 24.0 Å². The number of halogens is 2. The molecule has 0 bridgehead atoms. The largest absolute Gasteiger partial charge is 0.505 e. The molecule has 1 aromatic carbocycles. The van der Waals surface area contributed by atoms with Crippen LogP contribution in [0.5, 0.6) is 5.75 Å². The number of hydrogen-bond donors (Lipinski definition) is 1. The van der Waals surface area contributed by atoms with Crippen molar-refractivity contribution >= 4 is 12.0 Å². The average molecular weight is 228 g/mol. The molecule has 1 rings (SSSR count). The molecule has 0 aliphatic rings. The molecule has 0 aromatic heterocycles. The number of rotatable bonds is 3. The Kier molecular flexibility index (Phi) is 3.99. The minimum atomic E-state index is -1.12. The van der Waals surface area contributed by atoms with Gasteiger partial charge in [-0.1, -0.05) is 6.07 Å². The van der Waals surface area contributed by atoms with Gasteiger partial charge in [-0.05, 0) is 30.7 Å². The van der Waals surface area contributed by atoms with Crippen LogP contribution >= 0.6 is 0 Å². The van der Waals surface area contributed by atoms with Gasteiger partial charge in [0, 0.05) is 0 Å². The summed E-state index contributed by atoms with van der Waals surface area (Å²) in [5.74, 6) is -3.64. The summed E-state index contributed by atoms with van der Waals surface area (Å²) >= 11 is 0. The van der Waals surface area contributed by atoms with E-state index in [4.69, 9.17) is 5.11 Å². The van der Waals surface area contributed by atoms with E-state index >= 15 is 0 Å². The second-order valence-electron chi connectivity index (χ2n) is 2.92. The Balaban J connectivity index is 2.89. The van der Waals surface area contributed by atoms with Gasteiger partial charge in [0.1, 0.15) is 0 Å². The molecule has 1 aromatic rings. The molecule has 0 atom stereocenters. The van der Waals surface area contributed by atoms with Crippen molar-refractivity contribution in [3.8, 4) is 5.75 Å². The highest BCUT2D eigenvalue weighted by Crippen LogP contribution is 2.18. The zero-order valence-electron chi connectivity index (χ0n) is 8.54. The fourth-order valence-corrected chi connectivity index (χ4v) is 1.02. The molecule has 5 heteroatoms. The second-order valence-corrected chi connectivity index (χ2v) is 2.92. The van der Waals surface area contributed by atoms with Crippen LogP contribution in [-0.2, 0) is 9.53 Å². The predicted octanol–water partition coefficient (Wildman–Crippen LogP) is 2.40. The molecule has 0 radical (unpaired) electrons. The first-order chi connectivity index (χ1) is 7.54. The molecule has 0 unspecified atom stereocenters. The molecule has 0 fully saturated rings. The maximum Gasteiger partial charge on any atom is 0.367 e. The number of hydrogen-bond acceptors (Lipinski definition) is 3. The molecular formula is C11H10F2O3. The Morgan fingerprint density at radius 2 is 2.25 bits per heavy atom. The quantitative estimate of drug-likeness (QED) is 0.638. The van der Waals surface area contributed by atoms with E-state index in [0.29, 0.717) is 0 Å². The molecule has 0 amide bonds. The lowest BCUT2D eigenvalue weighted by Gasteiger charge is -1.99. The Morgan fingerprint density at radius 1 is 1.56 bits per heavy atom. The van der Waals surface area contributed by atoms with Crippen molar-refractivity contribution in [2.24, 2.45) is 0 Å². The summed E-state index contributed by atoms with van der Waals surface area (Å²) in [6.07, 6.45) is 0.834. The van der Waals surface area contributed by atoms with Crippen LogP contribution in [0.1, 0.15) is 12.5 Å². The Morgan fingerprint density at radius 3 is 2.81 bits per heavy atom. The van der Waals surface area contributed by atoms with Gasteiger partial charge in [0.25, 0.3) is 0 Å². The molecule has 0 saturated carbocycles. The van der Waals surface area contributed by atoms with Crippen LogP contribution in [0.25, 0.3) is 6.08 Å². The fraction of sp³-hybridized carbons (Fsp3) is 0.182. The third-order valence-electron chi connectivity index (χ3n) is 1.74. The zero-order chi connectivity index (χ0) is 12.1. The normalized spacial score (nSPS) is 11.3. The van der Waals surface area contributed by atoms with E-state index in [1.165, 1.54) is 6.07 Å². The number of esters is 1. The monoisotopic (exact) mass is 228 g/mol. The Hall–Kier alpha value is -1.91. The molecule has 0 spiro atoms. The van der Waals surface area contributed by atoms with Crippen molar-refractivity contribution < 1.29 is 23.4 Å². The van der Waals surface area contributed by atoms with E-state index < -0.39 is 23.4 Å². The van der Waals surface area contributed by atoms with Gasteiger partial charge in [0.05, 0.1) is 6.61 Å². The topological polar surface area (TPSA) is 46.5 Å².